The van der Waals surface area contributed by atoms with Crippen LogP contribution in [0.2, 0.25) is 0 Å². The quantitative estimate of drug-likeness (QED) is 0.0883. The van der Waals surface area contributed by atoms with Crippen molar-refractivity contribution in [2.45, 2.75) is 64.1 Å². The summed E-state index contributed by atoms with van der Waals surface area (Å²) < 4.78 is 9.99. The summed E-state index contributed by atoms with van der Waals surface area (Å²) in [6.07, 6.45) is -0.636. The van der Waals surface area contributed by atoms with E-state index in [1.165, 1.54) is 23.9 Å². The number of amides is 2. The fourth-order valence-corrected chi connectivity index (χ4v) is 7.11. The van der Waals surface area contributed by atoms with Crippen molar-refractivity contribution in [2.75, 3.05) is 51.7 Å². The van der Waals surface area contributed by atoms with Gasteiger partial charge in [-0.05, 0) is 65.3 Å². The van der Waals surface area contributed by atoms with Crippen molar-refractivity contribution in [1.29, 1.82) is 0 Å². The van der Waals surface area contributed by atoms with E-state index in [1.54, 1.807) is 52.8 Å². The van der Waals surface area contributed by atoms with E-state index in [0.29, 0.717) is 11.3 Å². The fraction of sp³-hybridized carbons (Fsp3) is 0.514. The minimum atomic E-state index is -2.77. The highest BCUT2D eigenvalue weighted by Crippen LogP contribution is 2.54. The molecule has 0 radical (unpaired) electrons. The Hall–Kier alpha value is -5.09. The number of anilines is 2. The lowest BCUT2D eigenvalue weighted by atomic mass is 9.57. The second-order valence-electron chi connectivity index (χ2n) is 14.4. The Kier molecular flexibility index (Phi) is 10.6. The number of nitrogens with zero attached hydrogens (tertiary/aromatic N) is 3. The molecule has 0 aliphatic heterocycles. The molecule has 7 N–H and O–H groups in total. The topological polar surface area (TPSA) is 232 Å². The molecule has 16 nitrogen and oxygen atoms in total. The number of hydrogen-bond acceptors (Lipinski definition) is 14. The highest BCUT2D eigenvalue weighted by atomic mass is 16.7. The molecule has 278 valence electrons. The van der Waals surface area contributed by atoms with E-state index >= 15 is 0 Å². The largest absolute Gasteiger partial charge is 0.508 e. The number of ketones is 2. The molecule has 1 fully saturated rings. The molecule has 4 rings (SSSR count). The molecule has 16 heteroatoms. The third kappa shape index (κ3) is 6.72. The molecule has 1 aromatic rings. The predicted molar refractivity (Wildman–Crippen MR) is 186 cm³/mol. The van der Waals surface area contributed by atoms with Crippen LogP contribution in [0.25, 0.3) is 5.76 Å². The maximum absolute atomic E-state index is 14.2. The molecule has 0 aromatic heterocycles. The molecule has 0 bridgehead atoms. The summed E-state index contributed by atoms with van der Waals surface area (Å²) in [4.78, 5) is 68.8. The number of aliphatic hydroxyl groups is 3. The number of ether oxygens (including phenoxy) is 2. The number of fused-ring (bicyclic) bond motifs is 3. The van der Waals surface area contributed by atoms with Crippen molar-refractivity contribution in [2.24, 2.45) is 17.6 Å². The molecule has 4 atom stereocenters. The minimum absolute atomic E-state index is 0.0490. The Morgan fingerprint density at radius 1 is 1.10 bits per heavy atom. The SMILES string of the molecule is C=C(CN(C(=O)OCOC(=O)CC)C(C)(C)C)Nc1cc(N(C)C)c2c(c1O)C(O)=C1C(=O)[C@]3(O)C(O)=C(C(N)=O)C(=O)[C@@H](N(C)C)[C@@H]3C[C@@H]1C2. The number of aliphatic hydroxyl groups excluding tert-OH is 2. The zero-order valence-electron chi connectivity index (χ0n) is 30.1. The lowest BCUT2D eigenvalue weighted by Crippen LogP contribution is -2.65. The maximum Gasteiger partial charge on any atom is 0.413 e. The van der Waals surface area contributed by atoms with Gasteiger partial charge in [0.2, 0.25) is 12.6 Å². The number of aromatic hydroxyl groups is 1. The standard InChI is InChI=1S/C35H47N5O11/c1-10-22(41)50-15-51-33(48)40(34(3,4)5)14-16(2)37-20-13-21(38(6)7)18-11-17-12-19-26(39(8)9)29(44)25(32(36)47)31(46)35(19,49)30(45)23(17)28(43)24(18)27(20)42/h13,17,19,26,37,42-43,46,49H,2,10-12,14-15H2,1,3-9H3,(H2,36,47)/t17-,19-,26-,35-/m0/s1. The second-order valence-corrected chi connectivity index (χ2v) is 14.4. The molecular formula is C35H47N5O11. The van der Waals surface area contributed by atoms with Crippen LogP contribution < -0.4 is 16.0 Å². The van der Waals surface area contributed by atoms with Crippen LogP contribution in [0, 0.1) is 11.8 Å². The van der Waals surface area contributed by atoms with Crippen LogP contribution in [0.4, 0.5) is 16.2 Å². The van der Waals surface area contributed by atoms with Crippen LogP contribution in [-0.2, 0) is 35.1 Å². The number of phenolic OH excluding ortho intramolecular Hbond substituents is 1. The van der Waals surface area contributed by atoms with E-state index in [1.807, 2.05) is 0 Å². The van der Waals surface area contributed by atoms with Crippen LogP contribution >= 0.6 is 0 Å². The molecular weight excluding hydrogens is 666 g/mol. The first-order chi connectivity index (χ1) is 23.6. The second kappa shape index (κ2) is 13.9. The summed E-state index contributed by atoms with van der Waals surface area (Å²) in [6, 6.07) is 0.418. The molecule has 1 saturated carbocycles. The summed E-state index contributed by atoms with van der Waals surface area (Å²) >= 11 is 0. The summed E-state index contributed by atoms with van der Waals surface area (Å²) in [5, 5.41) is 49.4. The van der Waals surface area contributed by atoms with Crippen molar-refractivity contribution >= 4 is 46.7 Å². The van der Waals surface area contributed by atoms with E-state index in [4.69, 9.17) is 15.2 Å². The number of rotatable bonds is 10. The van der Waals surface area contributed by atoms with Crippen LogP contribution in [0.1, 0.15) is 51.7 Å². The molecule has 51 heavy (non-hydrogen) atoms. The Labute approximate surface area is 295 Å². The number of benzene rings is 1. The first kappa shape index (κ1) is 38.7. The number of phenols is 1. The molecule has 2 amide bonds. The van der Waals surface area contributed by atoms with Gasteiger partial charge in [-0.2, -0.15) is 0 Å². The molecule has 0 unspecified atom stereocenters. The van der Waals surface area contributed by atoms with E-state index in [0.717, 1.165) is 0 Å². The summed E-state index contributed by atoms with van der Waals surface area (Å²) in [7, 11) is 6.55. The lowest BCUT2D eigenvalue weighted by Gasteiger charge is -2.50. The number of nitrogens with two attached hydrogens (primary N) is 1. The van der Waals surface area contributed by atoms with Crippen molar-refractivity contribution in [3.63, 3.8) is 0 Å². The fourth-order valence-electron chi connectivity index (χ4n) is 7.11. The molecule has 0 heterocycles. The Morgan fingerprint density at radius 3 is 2.25 bits per heavy atom. The molecule has 0 spiro atoms. The average molecular weight is 714 g/mol. The third-order valence-corrected chi connectivity index (χ3v) is 9.56. The number of primary amides is 1. The molecule has 0 saturated heterocycles. The van der Waals surface area contributed by atoms with E-state index in [9.17, 15) is 44.4 Å². The van der Waals surface area contributed by atoms with Crippen molar-refractivity contribution in [3.8, 4) is 5.75 Å². The number of likely N-dealkylation sites (N-methyl/N-ethyl adjacent to an activating group) is 1. The van der Waals surface area contributed by atoms with Gasteiger partial charge in [-0.25, -0.2) is 4.79 Å². The van der Waals surface area contributed by atoms with Crippen molar-refractivity contribution < 1.29 is 53.9 Å². The Bertz CT molecular complexity index is 1760. The highest BCUT2D eigenvalue weighted by molar-refractivity contribution is 6.24. The third-order valence-electron chi connectivity index (χ3n) is 9.56. The minimum Gasteiger partial charge on any atom is -0.508 e. The highest BCUT2D eigenvalue weighted by Gasteiger charge is 2.64. The summed E-state index contributed by atoms with van der Waals surface area (Å²) in [5.74, 6) is -8.06. The van der Waals surface area contributed by atoms with Gasteiger partial charge in [0.05, 0.1) is 23.8 Å². The van der Waals surface area contributed by atoms with Gasteiger partial charge in [0, 0.05) is 48.9 Å². The first-order valence-electron chi connectivity index (χ1n) is 16.3. The van der Waals surface area contributed by atoms with Crippen LogP contribution in [0.15, 0.2) is 35.2 Å². The van der Waals surface area contributed by atoms with Gasteiger partial charge in [0.1, 0.15) is 22.8 Å². The van der Waals surface area contributed by atoms with Gasteiger partial charge < -0.3 is 45.9 Å². The molecule has 3 aliphatic carbocycles. The molecule has 3 aliphatic rings. The summed E-state index contributed by atoms with van der Waals surface area (Å²) in [6.45, 7) is 10.2. The van der Waals surface area contributed by atoms with Gasteiger partial charge in [0.15, 0.2) is 11.4 Å². The Balaban J connectivity index is 1.77. The zero-order chi connectivity index (χ0) is 38.5. The first-order valence-corrected chi connectivity index (χ1v) is 16.3. The van der Waals surface area contributed by atoms with E-state index in [2.05, 4.69) is 11.9 Å². The van der Waals surface area contributed by atoms with Crippen molar-refractivity contribution in [3.05, 3.63) is 46.4 Å². The van der Waals surface area contributed by atoms with Crippen LogP contribution in [0.5, 0.6) is 5.75 Å². The van der Waals surface area contributed by atoms with Crippen LogP contribution in [-0.4, -0.2) is 118 Å². The lowest BCUT2D eigenvalue weighted by molar-refractivity contribution is -0.154. The van der Waals surface area contributed by atoms with Gasteiger partial charge in [-0.15, -0.1) is 0 Å². The number of esters is 1. The van der Waals surface area contributed by atoms with Gasteiger partial charge in [0.25, 0.3) is 5.91 Å². The average Bonchev–Trinajstić information content (AvgIpc) is 3.01. The maximum atomic E-state index is 14.2. The number of Topliss-reactive ketones (excluding diaryl/α,β-unsaturated/α-hetero) is 2. The normalized spacial score (nSPS) is 22.9. The zero-order valence-corrected chi connectivity index (χ0v) is 30.1. The predicted octanol–water partition coefficient (Wildman–Crippen LogP) is 2.10. The summed E-state index contributed by atoms with van der Waals surface area (Å²) in [5.41, 5.74) is 1.85. The molecule has 1 aromatic carbocycles. The number of nitrogens with one attached hydrogen (secondary N) is 1. The van der Waals surface area contributed by atoms with Gasteiger partial charge >= 0.3 is 12.1 Å². The van der Waals surface area contributed by atoms with Crippen molar-refractivity contribution in [1.82, 2.24) is 9.80 Å². The van der Waals surface area contributed by atoms with Gasteiger partial charge in [-0.3, -0.25) is 29.0 Å². The number of carbonyl (C=O) groups excluding carboxylic acids is 5. The number of carbonyl (C=O) groups is 5. The van der Waals surface area contributed by atoms with E-state index in [-0.39, 0.29) is 48.3 Å². The monoisotopic (exact) mass is 713 g/mol. The van der Waals surface area contributed by atoms with Crippen LogP contribution in [0.3, 0.4) is 0 Å². The van der Waals surface area contributed by atoms with E-state index < -0.39 is 88.2 Å². The van der Waals surface area contributed by atoms with Gasteiger partial charge in [-0.1, -0.05) is 13.5 Å². The smallest absolute Gasteiger partial charge is 0.413 e. The number of hydrogen-bond donors (Lipinski definition) is 6. The Morgan fingerprint density at radius 2 is 1.73 bits per heavy atom.